The summed E-state index contributed by atoms with van der Waals surface area (Å²) in [5.41, 5.74) is 0.729. The minimum Gasteiger partial charge on any atom is -0.481 e. The summed E-state index contributed by atoms with van der Waals surface area (Å²) in [4.78, 5) is 11.3. The van der Waals surface area contributed by atoms with Crippen molar-refractivity contribution in [2.75, 3.05) is 6.79 Å². The Morgan fingerprint density at radius 3 is 2.82 bits per heavy atom. The summed E-state index contributed by atoms with van der Waals surface area (Å²) in [7, 11) is 0. The van der Waals surface area contributed by atoms with Crippen molar-refractivity contribution < 1.29 is 19.4 Å². The van der Waals surface area contributed by atoms with Gasteiger partial charge < -0.3 is 14.6 Å². The van der Waals surface area contributed by atoms with Crippen LogP contribution in [0.15, 0.2) is 12.1 Å². The first kappa shape index (κ1) is 10.9. The molecule has 4 nitrogen and oxygen atoms in total. The van der Waals surface area contributed by atoms with E-state index in [1.807, 2.05) is 0 Å². The van der Waals surface area contributed by atoms with Gasteiger partial charge in [0.1, 0.15) is 5.75 Å². The molecule has 0 radical (unpaired) electrons. The predicted octanol–water partition coefficient (Wildman–Crippen LogP) is 2.32. The van der Waals surface area contributed by atoms with Gasteiger partial charge in [-0.1, -0.05) is 11.6 Å². The van der Waals surface area contributed by atoms with Crippen molar-refractivity contribution in [3.63, 3.8) is 0 Å². The number of carboxylic acids is 1. The van der Waals surface area contributed by atoms with Crippen LogP contribution in [-0.2, 0) is 21.6 Å². The summed E-state index contributed by atoms with van der Waals surface area (Å²) in [6.45, 7) is 0.656. The van der Waals surface area contributed by atoms with E-state index in [-0.39, 0.29) is 6.79 Å². The van der Waals surface area contributed by atoms with Crippen LogP contribution >= 0.6 is 11.6 Å². The Balaban J connectivity index is 2.09. The first-order valence-corrected chi connectivity index (χ1v) is 5.78. The monoisotopic (exact) mass is 254 g/mol. The standard InChI is InChI=1S/C12H11ClO4/c13-9-3-7-5-16-6-17-10(7)4-8(9)12(1-2-12)11(14)15/h3-4H,1-2,5-6H2,(H,14,15). The topological polar surface area (TPSA) is 55.8 Å². The van der Waals surface area contributed by atoms with E-state index < -0.39 is 11.4 Å². The molecule has 1 saturated carbocycles. The maximum absolute atomic E-state index is 11.3. The van der Waals surface area contributed by atoms with E-state index in [1.54, 1.807) is 12.1 Å². The van der Waals surface area contributed by atoms with Crippen molar-refractivity contribution in [2.24, 2.45) is 0 Å². The zero-order valence-electron chi connectivity index (χ0n) is 9.03. The fourth-order valence-electron chi connectivity index (χ4n) is 2.19. The molecule has 1 N–H and O–H groups in total. The number of hydrogen-bond acceptors (Lipinski definition) is 3. The van der Waals surface area contributed by atoms with E-state index in [1.165, 1.54) is 0 Å². The lowest BCUT2D eigenvalue weighted by molar-refractivity contribution is -0.140. The van der Waals surface area contributed by atoms with Crippen molar-refractivity contribution in [3.05, 3.63) is 28.3 Å². The Morgan fingerprint density at radius 1 is 1.41 bits per heavy atom. The normalized spacial score (nSPS) is 20.3. The van der Waals surface area contributed by atoms with Crippen LogP contribution in [0.3, 0.4) is 0 Å². The quantitative estimate of drug-likeness (QED) is 0.880. The fraction of sp³-hybridized carbons (Fsp3) is 0.417. The van der Waals surface area contributed by atoms with Gasteiger partial charge in [0, 0.05) is 10.6 Å². The van der Waals surface area contributed by atoms with Crippen LogP contribution in [0.1, 0.15) is 24.0 Å². The number of benzene rings is 1. The number of halogens is 1. The maximum Gasteiger partial charge on any atom is 0.314 e. The van der Waals surface area contributed by atoms with Gasteiger partial charge in [-0.2, -0.15) is 0 Å². The second kappa shape index (κ2) is 3.62. The Morgan fingerprint density at radius 2 is 2.18 bits per heavy atom. The zero-order chi connectivity index (χ0) is 12.0. The highest BCUT2D eigenvalue weighted by atomic mass is 35.5. The summed E-state index contributed by atoms with van der Waals surface area (Å²) in [5, 5.41) is 9.75. The second-order valence-electron chi connectivity index (χ2n) is 4.44. The molecule has 0 spiro atoms. The maximum atomic E-state index is 11.3. The van der Waals surface area contributed by atoms with Gasteiger partial charge in [-0.25, -0.2) is 0 Å². The van der Waals surface area contributed by atoms with Gasteiger partial charge in [0.2, 0.25) is 0 Å². The highest BCUT2D eigenvalue weighted by molar-refractivity contribution is 6.32. The molecule has 0 unspecified atom stereocenters. The summed E-state index contributed by atoms with van der Waals surface area (Å²) < 4.78 is 10.5. The number of ether oxygens (including phenoxy) is 2. The second-order valence-corrected chi connectivity index (χ2v) is 4.84. The van der Waals surface area contributed by atoms with Crippen molar-refractivity contribution in [1.82, 2.24) is 0 Å². The van der Waals surface area contributed by atoms with Crippen molar-refractivity contribution in [2.45, 2.75) is 24.9 Å². The minimum atomic E-state index is -0.814. The number of rotatable bonds is 2. The minimum absolute atomic E-state index is 0.203. The Kier molecular flexibility index (Phi) is 2.31. The molecule has 5 heteroatoms. The van der Waals surface area contributed by atoms with Crippen LogP contribution in [0.5, 0.6) is 5.75 Å². The van der Waals surface area contributed by atoms with Crippen LogP contribution in [-0.4, -0.2) is 17.9 Å². The van der Waals surface area contributed by atoms with Crippen LogP contribution in [0.25, 0.3) is 0 Å². The molecule has 0 amide bonds. The molecule has 0 bridgehead atoms. The van der Waals surface area contributed by atoms with Crippen molar-refractivity contribution in [3.8, 4) is 5.75 Å². The molecular formula is C12H11ClO4. The van der Waals surface area contributed by atoms with Crippen LogP contribution in [0.2, 0.25) is 5.02 Å². The molecule has 1 aliphatic carbocycles. The Hall–Kier alpha value is -1.26. The molecule has 0 aromatic heterocycles. The van der Waals surface area contributed by atoms with E-state index in [9.17, 15) is 9.90 Å². The summed E-state index contributed by atoms with van der Waals surface area (Å²) in [5.74, 6) is -0.130. The van der Waals surface area contributed by atoms with Gasteiger partial charge in [0.25, 0.3) is 0 Å². The van der Waals surface area contributed by atoms with Gasteiger partial charge in [0.15, 0.2) is 6.79 Å². The highest BCUT2D eigenvalue weighted by Gasteiger charge is 2.53. The van der Waals surface area contributed by atoms with Gasteiger partial charge in [0.05, 0.1) is 12.0 Å². The number of carbonyl (C=O) groups is 1. The smallest absolute Gasteiger partial charge is 0.314 e. The third-order valence-corrected chi connectivity index (χ3v) is 3.69. The largest absolute Gasteiger partial charge is 0.481 e. The van der Waals surface area contributed by atoms with E-state index in [0.29, 0.717) is 35.8 Å². The number of carboxylic acid groups (broad SMARTS) is 1. The average Bonchev–Trinajstić information content (AvgIpc) is 3.09. The van der Waals surface area contributed by atoms with E-state index in [2.05, 4.69) is 0 Å². The van der Waals surface area contributed by atoms with Crippen LogP contribution in [0.4, 0.5) is 0 Å². The molecule has 1 aromatic carbocycles. The van der Waals surface area contributed by atoms with E-state index in [0.717, 1.165) is 5.56 Å². The molecule has 0 saturated heterocycles. The molecule has 1 aromatic rings. The SMILES string of the molecule is O=C(O)C1(c2cc3c(cc2Cl)COCO3)CC1. The molecule has 90 valence electrons. The molecule has 0 atom stereocenters. The summed E-state index contributed by atoms with van der Waals surface area (Å²) in [6, 6.07) is 3.50. The highest BCUT2D eigenvalue weighted by Crippen LogP contribution is 2.52. The van der Waals surface area contributed by atoms with Crippen LogP contribution < -0.4 is 4.74 Å². The molecule has 1 fully saturated rings. The summed E-state index contributed by atoms with van der Waals surface area (Å²) >= 11 is 6.16. The van der Waals surface area contributed by atoms with Crippen molar-refractivity contribution >= 4 is 17.6 Å². The van der Waals surface area contributed by atoms with Gasteiger partial charge in [-0.3, -0.25) is 4.79 Å². The Labute approximate surface area is 103 Å². The average molecular weight is 255 g/mol. The van der Waals surface area contributed by atoms with E-state index >= 15 is 0 Å². The lowest BCUT2D eigenvalue weighted by Crippen LogP contribution is -2.21. The third-order valence-electron chi connectivity index (χ3n) is 3.38. The fourth-order valence-corrected chi connectivity index (χ4v) is 2.56. The third kappa shape index (κ3) is 1.59. The summed E-state index contributed by atoms with van der Waals surface area (Å²) in [6.07, 6.45) is 1.27. The molecule has 2 aliphatic rings. The molecule has 1 aliphatic heterocycles. The number of fused-ring (bicyclic) bond motifs is 1. The van der Waals surface area contributed by atoms with Gasteiger partial charge in [-0.15, -0.1) is 0 Å². The lowest BCUT2D eigenvalue weighted by Gasteiger charge is -2.21. The molecule has 3 rings (SSSR count). The molecule has 1 heterocycles. The number of aliphatic carboxylic acids is 1. The Bertz CT molecular complexity index is 494. The van der Waals surface area contributed by atoms with E-state index in [4.69, 9.17) is 21.1 Å². The number of hydrogen-bond donors (Lipinski definition) is 1. The van der Waals surface area contributed by atoms with Gasteiger partial charge in [-0.05, 0) is 30.5 Å². The molecular weight excluding hydrogens is 244 g/mol. The van der Waals surface area contributed by atoms with Crippen molar-refractivity contribution in [1.29, 1.82) is 0 Å². The lowest BCUT2D eigenvalue weighted by atomic mass is 9.94. The first-order chi connectivity index (χ1) is 8.13. The molecule has 17 heavy (non-hydrogen) atoms. The van der Waals surface area contributed by atoms with Crippen LogP contribution in [0, 0.1) is 0 Å². The first-order valence-electron chi connectivity index (χ1n) is 5.40. The predicted molar refractivity (Wildman–Crippen MR) is 60.3 cm³/mol. The van der Waals surface area contributed by atoms with Gasteiger partial charge >= 0.3 is 5.97 Å². The zero-order valence-corrected chi connectivity index (χ0v) is 9.79.